The molecule has 2 rings (SSSR count). The predicted octanol–water partition coefficient (Wildman–Crippen LogP) is 1.50. The van der Waals surface area contributed by atoms with Gasteiger partial charge < -0.3 is 14.7 Å². The SMILES string of the molecule is C=CCOC(=O)N1C[C@@H]2CC[C@]2(CC(=O)O)C1. The van der Waals surface area contributed by atoms with E-state index in [1.54, 1.807) is 4.90 Å². The van der Waals surface area contributed by atoms with Gasteiger partial charge in [-0.15, -0.1) is 0 Å². The van der Waals surface area contributed by atoms with Crippen LogP contribution < -0.4 is 0 Å². The Morgan fingerprint density at radius 3 is 2.88 bits per heavy atom. The molecule has 1 saturated heterocycles. The van der Waals surface area contributed by atoms with Gasteiger partial charge in [0.05, 0.1) is 6.42 Å². The molecule has 1 saturated carbocycles. The zero-order valence-electron chi connectivity index (χ0n) is 9.72. The lowest BCUT2D eigenvalue weighted by Crippen LogP contribution is -2.41. The molecule has 2 fully saturated rings. The van der Waals surface area contributed by atoms with Crippen molar-refractivity contribution in [3.8, 4) is 0 Å². The number of hydrogen-bond donors (Lipinski definition) is 1. The molecule has 0 radical (unpaired) electrons. The van der Waals surface area contributed by atoms with Crippen molar-refractivity contribution in [1.29, 1.82) is 0 Å². The minimum Gasteiger partial charge on any atom is -0.481 e. The molecule has 5 heteroatoms. The smallest absolute Gasteiger partial charge is 0.410 e. The van der Waals surface area contributed by atoms with E-state index in [9.17, 15) is 9.59 Å². The second-order valence-electron chi connectivity index (χ2n) is 4.91. The Hall–Kier alpha value is -1.52. The summed E-state index contributed by atoms with van der Waals surface area (Å²) in [6.45, 7) is 4.82. The summed E-state index contributed by atoms with van der Waals surface area (Å²) in [6.07, 6.45) is 3.23. The van der Waals surface area contributed by atoms with Crippen LogP contribution in [0.4, 0.5) is 4.79 Å². The van der Waals surface area contributed by atoms with Crippen LogP contribution in [0.25, 0.3) is 0 Å². The Kier molecular flexibility index (Phi) is 3.09. The number of ether oxygens (including phenoxy) is 1. The first-order chi connectivity index (χ1) is 8.07. The molecule has 0 bridgehead atoms. The molecule has 0 aromatic carbocycles. The van der Waals surface area contributed by atoms with Crippen molar-refractivity contribution in [2.75, 3.05) is 19.7 Å². The first-order valence-corrected chi connectivity index (χ1v) is 5.82. The number of hydrogen-bond acceptors (Lipinski definition) is 3. The molecule has 1 aliphatic heterocycles. The molecule has 1 N–H and O–H groups in total. The van der Waals surface area contributed by atoms with Gasteiger partial charge in [0.2, 0.25) is 0 Å². The van der Waals surface area contributed by atoms with Crippen molar-refractivity contribution in [3.05, 3.63) is 12.7 Å². The lowest BCUT2D eigenvalue weighted by Gasteiger charge is -2.42. The van der Waals surface area contributed by atoms with Gasteiger partial charge in [-0.2, -0.15) is 0 Å². The van der Waals surface area contributed by atoms with Crippen molar-refractivity contribution in [2.24, 2.45) is 11.3 Å². The van der Waals surface area contributed by atoms with Crippen LogP contribution >= 0.6 is 0 Å². The Balaban J connectivity index is 1.95. The standard InChI is InChI=1S/C12H17NO4/c1-2-5-17-11(16)13-7-9-3-4-12(9,8-13)6-10(14)15/h2,9H,1,3-8H2,(H,14,15)/t9-,12-/m0/s1. The fraction of sp³-hybridized carbons (Fsp3) is 0.667. The second kappa shape index (κ2) is 4.39. The van der Waals surface area contributed by atoms with Gasteiger partial charge in [0.25, 0.3) is 0 Å². The first-order valence-electron chi connectivity index (χ1n) is 5.82. The molecule has 0 unspecified atom stereocenters. The largest absolute Gasteiger partial charge is 0.481 e. The van der Waals surface area contributed by atoms with E-state index in [2.05, 4.69) is 6.58 Å². The minimum absolute atomic E-state index is 0.156. The Morgan fingerprint density at radius 1 is 1.59 bits per heavy atom. The van der Waals surface area contributed by atoms with Gasteiger partial charge in [0, 0.05) is 18.5 Å². The van der Waals surface area contributed by atoms with Gasteiger partial charge in [-0.25, -0.2) is 4.79 Å². The van der Waals surface area contributed by atoms with Crippen molar-refractivity contribution in [1.82, 2.24) is 4.90 Å². The Labute approximate surface area is 100 Å². The number of carbonyl (C=O) groups excluding carboxylic acids is 1. The number of carbonyl (C=O) groups is 2. The maximum Gasteiger partial charge on any atom is 0.410 e. The summed E-state index contributed by atoms with van der Waals surface area (Å²) in [6, 6.07) is 0. The number of carboxylic acids is 1. The highest BCUT2D eigenvalue weighted by atomic mass is 16.6. The number of aliphatic carboxylic acids is 1. The summed E-state index contributed by atoms with van der Waals surface area (Å²) >= 11 is 0. The summed E-state index contributed by atoms with van der Waals surface area (Å²) in [5, 5.41) is 8.91. The molecule has 2 aliphatic rings. The Bertz CT molecular complexity index is 354. The van der Waals surface area contributed by atoms with E-state index < -0.39 is 5.97 Å². The molecule has 2 atom stereocenters. The van der Waals surface area contributed by atoms with Crippen LogP contribution in [0.2, 0.25) is 0 Å². The first kappa shape index (κ1) is 12.0. The van der Waals surface area contributed by atoms with Gasteiger partial charge in [-0.1, -0.05) is 12.7 Å². The van der Waals surface area contributed by atoms with E-state index in [0.29, 0.717) is 19.0 Å². The quantitative estimate of drug-likeness (QED) is 0.755. The number of rotatable bonds is 4. The second-order valence-corrected chi connectivity index (χ2v) is 4.91. The maximum absolute atomic E-state index is 11.7. The highest BCUT2D eigenvalue weighted by molar-refractivity contribution is 5.70. The average molecular weight is 239 g/mol. The van der Waals surface area contributed by atoms with Gasteiger partial charge in [0.1, 0.15) is 6.61 Å². The van der Waals surface area contributed by atoms with Crippen molar-refractivity contribution >= 4 is 12.1 Å². The number of carboxylic acid groups (broad SMARTS) is 1. The minimum atomic E-state index is -0.781. The van der Waals surface area contributed by atoms with Gasteiger partial charge in [-0.3, -0.25) is 4.79 Å². The van der Waals surface area contributed by atoms with Crippen molar-refractivity contribution in [3.63, 3.8) is 0 Å². The molecule has 0 aromatic heterocycles. The summed E-state index contributed by atoms with van der Waals surface area (Å²) in [5.41, 5.74) is -0.195. The van der Waals surface area contributed by atoms with Gasteiger partial charge in [-0.05, 0) is 18.8 Å². The summed E-state index contributed by atoms with van der Waals surface area (Å²) in [5.74, 6) is -0.453. The molecule has 1 aliphatic carbocycles. The third kappa shape index (κ3) is 2.14. The molecule has 1 heterocycles. The normalized spacial score (nSPS) is 30.4. The zero-order valence-corrected chi connectivity index (χ0v) is 9.72. The number of amides is 1. The Morgan fingerprint density at radius 2 is 2.35 bits per heavy atom. The maximum atomic E-state index is 11.7. The molecule has 0 aromatic rings. The molecule has 5 nitrogen and oxygen atoms in total. The topological polar surface area (TPSA) is 66.8 Å². The number of likely N-dealkylation sites (tertiary alicyclic amines) is 1. The van der Waals surface area contributed by atoms with Crippen LogP contribution in [0.5, 0.6) is 0 Å². The molecule has 94 valence electrons. The third-order valence-electron chi connectivity index (χ3n) is 3.89. The third-order valence-corrected chi connectivity index (χ3v) is 3.89. The summed E-state index contributed by atoms with van der Waals surface area (Å²) in [7, 11) is 0. The van der Waals surface area contributed by atoms with Crippen LogP contribution in [0.15, 0.2) is 12.7 Å². The van der Waals surface area contributed by atoms with E-state index in [1.807, 2.05) is 0 Å². The lowest BCUT2D eigenvalue weighted by molar-refractivity contribution is -0.142. The predicted molar refractivity (Wildman–Crippen MR) is 60.5 cm³/mol. The van der Waals surface area contributed by atoms with Crippen LogP contribution in [-0.4, -0.2) is 41.8 Å². The molecule has 1 amide bonds. The fourth-order valence-electron chi connectivity index (χ4n) is 2.91. The number of fused-ring (bicyclic) bond motifs is 1. The van der Waals surface area contributed by atoms with Crippen LogP contribution in [0.1, 0.15) is 19.3 Å². The van der Waals surface area contributed by atoms with Gasteiger partial charge >= 0.3 is 12.1 Å². The lowest BCUT2D eigenvalue weighted by atomic mass is 9.60. The van der Waals surface area contributed by atoms with E-state index in [0.717, 1.165) is 12.8 Å². The average Bonchev–Trinajstić information content (AvgIpc) is 2.50. The molecule has 17 heavy (non-hydrogen) atoms. The van der Waals surface area contributed by atoms with E-state index in [4.69, 9.17) is 9.84 Å². The van der Waals surface area contributed by atoms with E-state index in [1.165, 1.54) is 6.08 Å². The van der Waals surface area contributed by atoms with E-state index >= 15 is 0 Å². The molecular weight excluding hydrogens is 222 g/mol. The van der Waals surface area contributed by atoms with Crippen molar-refractivity contribution in [2.45, 2.75) is 19.3 Å². The van der Waals surface area contributed by atoms with E-state index in [-0.39, 0.29) is 24.5 Å². The van der Waals surface area contributed by atoms with Crippen LogP contribution in [-0.2, 0) is 9.53 Å². The fourth-order valence-corrected chi connectivity index (χ4v) is 2.91. The van der Waals surface area contributed by atoms with Crippen LogP contribution in [0.3, 0.4) is 0 Å². The molecular formula is C12H17NO4. The number of nitrogens with zero attached hydrogens (tertiary/aromatic N) is 1. The van der Waals surface area contributed by atoms with Crippen LogP contribution in [0, 0.1) is 11.3 Å². The zero-order chi connectivity index (χ0) is 12.5. The van der Waals surface area contributed by atoms with Gasteiger partial charge in [0.15, 0.2) is 0 Å². The highest BCUT2D eigenvalue weighted by Gasteiger charge is 2.55. The summed E-state index contributed by atoms with van der Waals surface area (Å²) in [4.78, 5) is 24.1. The highest BCUT2D eigenvalue weighted by Crippen LogP contribution is 2.54. The monoisotopic (exact) mass is 239 g/mol. The summed E-state index contributed by atoms with van der Waals surface area (Å²) < 4.78 is 4.97. The molecule has 0 spiro atoms. The van der Waals surface area contributed by atoms with Crippen molar-refractivity contribution < 1.29 is 19.4 Å².